The first-order valence-corrected chi connectivity index (χ1v) is 9.14. The molecule has 0 aliphatic heterocycles. The van der Waals surface area contributed by atoms with E-state index in [0.717, 1.165) is 26.5 Å². The Kier molecular flexibility index (Phi) is 4.40. The van der Waals surface area contributed by atoms with Gasteiger partial charge in [0.1, 0.15) is 11.8 Å². The molecule has 0 spiro atoms. The molecule has 0 aromatic carbocycles. The fraction of sp³-hybridized carbons (Fsp3) is 0.211. The lowest BCUT2D eigenvalue weighted by Gasteiger charge is -2.12. The maximum atomic E-state index is 10.9. The summed E-state index contributed by atoms with van der Waals surface area (Å²) < 4.78 is 1.93. The maximum absolute atomic E-state index is 10.9. The summed E-state index contributed by atoms with van der Waals surface area (Å²) in [5, 5.41) is 15.0. The third kappa shape index (κ3) is 3.18. The molecule has 4 heterocycles. The number of fused-ring (bicyclic) bond motifs is 1. The number of thiophene rings is 1. The van der Waals surface area contributed by atoms with Crippen LogP contribution in [0.15, 0.2) is 48.8 Å². The summed E-state index contributed by atoms with van der Waals surface area (Å²) in [6, 6.07) is 11.7. The second-order valence-electron chi connectivity index (χ2n) is 6.12. The number of pyridine rings is 1. The number of nitrogens with zero attached hydrogens (tertiary/aromatic N) is 4. The van der Waals surface area contributed by atoms with E-state index in [4.69, 9.17) is 0 Å². The fourth-order valence-electron chi connectivity index (χ4n) is 2.86. The highest BCUT2D eigenvalue weighted by Gasteiger charge is 2.20. The molecule has 0 saturated heterocycles. The summed E-state index contributed by atoms with van der Waals surface area (Å²) in [6.07, 6.45) is 2.90. The Balaban J connectivity index is 1.71. The van der Waals surface area contributed by atoms with E-state index in [2.05, 4.69) is 20.3 Å². The molecule has 26 heavy (non-hydrogen) atoms. The van der Waals surface area contributed by atoms with Gasteiger partial charge < -0.3 is 15.0 Å². The van der Waals surface area contributed by atoms with Gasteiger partial charge in [-0.3, -0.25) is 4.98 Å². The summed E-state index contributed by atoms with van der Waals surface area (Å²) in [7, 11) is 1.93. The lowest BCUT2D eigenvalue weighted by molar-refractivity contribution is 0.221. The molecule has 7 heteroatoms. The number of aryl methyl sites for hydroxylation is 2. The van der Waals surface area contributed by atoms with Crippen LogP contribution in [0.1, 0.15) is 27.2 Å². The molecule has 0 amide bonds. The van der Waals surface area contributed by atoms with E-state index in [-0.39, 0.29) is 0 Å². The van der Waals surface area contributed by atoms with Crippen molar-refractivity contribution in [2.24, 2.45) is 7.05 Å². The zero-order valence-electron chi connectivity index (χ0n) is 14.5. The Bertz CT molecular complexity index is 1040. The number of nitrogens with one attached hydrogen (secondary N) is 1. The molecule has 0 aliphatic carbocycles. The molecule has 1 atom stereocenters. The van der Waals surface area contributed by atoms with Crippen LogP contribution >= 0.6 is 11.3 Å². The molecule has 2 N–H and O–H groups in total. The molecule has 4 aromatic rings. The van der Waals surface area contributed by atoms with Crippen molar-refractivity contribution in [2.75, 3.05) is 5.32 Å². The van der Waals surface area contributed by atoms with Crippen molar-refractivity contribution in [1.29, 1.82) is 0 Å². The molecule has 0 fully saturated rings. The van der Waals surface area contributed by atoms with Gasteiger partial charge in [-0.2, -0.15) is 4.98 Å². The Labute approximate surface area is 155 Å². The Morgan fingerprint density at radius 3 is 2.81 bits per heavy atom. The smallest absolute Gasteiger partial charge is 0.225 e. The number of rotatable bonds is 5. The van der Waals surface area contributed by atoms with Crippen LogP contribution in [0.2, 0.25) is 0 Å². The predicted octanol–water partition coefficient (Wildman–Crippen LogP) is 3.43. The number of hydrogen-bond acceptors (Lipinski definition) is 6. The highest BCUT2D eigenvalue weighted by Crippen LogP contribution is 2.31. The van der Waals surface area contributed by atoms with Crippen molar-refractivity contribution in [3.05, 3.63) is 69.9 Å². The third-order valence-electron chi connectivity index (χ3n) is 4.20. The van der Waals surface area contributed by atoms with Crippen molar-refractivity contribution < 1.29 is 5.11 Å². The molecule has 0 aliphatic rings. The molecule has 4 rings (SSSR count). The van der Waals surface area contributed by atoms with Crippen molar-refractivity contribution in [3.63, 3.8) is 0 Å². The normalized spacial score (nSPS) is 12.4. The molecule has 0 saturated carbocycles. The number of aromatic nitrogens is 4. The number of hydrogen-bond donors (Lipinski definition) is 2. The number of aliphatic hydroxyl groups is 1. The van der Waals surface area contributed by atoms with Gasteiger partial charge in [-0.1, -0.05) is 6.07 Å². The van der Waals surface area contributed by atoms with Gasteiger partial charge in [-0.15, -0.1) is 11.3 Å². The second kappa shape index (κ2) is 6.86. The standard InChI is InChI=1S/C19H19N5OS/c1-12-6-7-15(26-12)17(25)16-14-8-10-24(2)18(14)23-19(22-16)21-11-13-5-3-4-9-20-13/h3-10,17,25H,11H2,1-2H3,(H,21,22,23). The first kappa shape index (κ1) is 16.7. The van der Waals surface area contributed by atoms with Gasteiger partial charge in [0.25, 0.3) is 0 Å². The number of anilines is 1. The Hall–Kier alpha value is -2.77. The van der Waals surface area contributed by atoms with E-state index in [1.54, 1.807) is 17.5 Å². The van der Waals surface area contributed by atoms with Gasteiger partial charge in [0.05, 0.1) is 17.9 Å². The minimum atomic E-state index is -0.781. The van der Waals surface area contributed by atoms with E-state index < -0.39 is 6.10 Å². The maximum Gasteiger partial charge on any atom is 0.225 e. The minimum Gasteiger partial charge on any atom is -0.381 e. The average Bonchev–Trinajstić information content (AvgIpc) is 3.26. The summed E-state index contributed by atoms with van der Waals surface area (Å²) in [5.41, 5.74) is 2.30. The lowest BCUT2D eigenvalue weighted by atomic mass is 10.1. The molecule has 0 radical (unpaired) electrons. The van der Waals surface area contributed by atoms with Crippen LogP contribution in [-0.2, 0) is 13.6 Å². The van der Waals surface area contributed by atoms with Crippen LogP contribution < -0.4 is 5.32 Å². The van der Waals surface area contributed by atoms with Crippen molar-refractivity contribution in [1.82, 2.24) is 19.5 Å². The van der Waals surface area contributed by atoms with Crippen molar-refractivity contribution in [3.8, 4) is 0 Å². The van der Waals surface area contributed by atoms with Crippen LogP contribution in [0, 0.1) is 6.92 Å². The summed E-state index contributed by atoms with van der Waals surface area (Å²) in [6.45, 7) is 2.54. The Morgan fingerprint density at radius 1 is 1.19 bits per heavy atom. The molecular weight excluding hydrogens is 346 g/mol. The summed E-state index contributed by atoms with van der Waals surface area (Å²) in [5.74, 6) is 0.479. The van der Waals surface area contributed by atoms with Crippen LogP contribution in [0.3, 0.4) is 0 Å². The molecule has 4 aromatic heterocycles. The van der Waals surface area contributed by atoms with Gasteiger partial charge >= 0.3 is 0 Å². The van der Waals surface area contributed by atoms with Crippen LogP contribution in [0.25, 0.3) is 11.0 Å². The molecule has 6 nitrogen and oxygen atoms in total. The predicted molar refractivity (Wildman–Crippen MR) is 103 cm³/mol. The quantitative estimate of drug-likeness (QED) is 0.567. The van der Waals surface area contributed by atoms with Crippen LogP contribution in [0.4, 0.5) is 5.95 Å². The van der Waals surface area contributed by atoms with E-state index >= 15 is 0 Å². The van der Waals surface area contributed by atoms with Crippen molar-refractivity contribution >= 4 is 28.3 Å². The fourth-order valence-corrected chi connectivity index (χ4v) is 3.72. The zero-order valence-corrected chi connectivity index (χ0v) is 15.4. The van der Waals surface area contributed by atoms with Gasteiger partial charge in [-0.25, -0.2) is 4.98 Å². The largest absolute Gasteiger partial charge is 0.381 e. The topological polar surface area (TPSA) is 75.9 Å². The molecule has 132 valence electrons. The van der Waals surface area contributed by atoms with Gasteiger partial charge in [0.2, 0.25) is 5.95 Å². The highest BCUT2D eigenvalue weighted by atomic mass is 32.1. The monoisotopic (exact) mass is 365 g/mol. The minimum absolute atomic E-state index is 0.479. The van der Waals surface area contributed by atoms with E-state index in [9.17, 15) is 5.11 Å². The first-order valence-electron chi connectivity index (χ1n) is 8.33. The van der Waals surface area contributed by atoms with E-state index in [1.807, 2.05) is 61.1 Å². The zero-order chi connectivity index (χ0) is 18.1. The average molecular weight is 365 g/mol. The Morgan fingerprint density at radius 2 is 2.08 bits per heavy atom. The lowest BCUT2D eigenvalue weighted by Crippen LogP contribution is -2.10. The second-order valence-corrected chi connectivity index (χ2v) is 7.44. The van der Waals surface area contributed by atoms with Gasteiger partial charge in [0, 0.05) is 34.6 Å². The summed E-state index contributed by atoms with van der Waals surface area (Å²) >= 11 is 1.57. The van der Waals surface area contributed by atoms with Crippen molar-refractivity contribution in [2.45, 2.75) is 19.6 Å². The highest BCUT2D eigenvalue weighted by molar-refractivity contribution is 7.12. The van der Waals surface area contributed by atoms with Crippen LogP contribution in [-0.4, -0.2) is 24.6 Å². The molecule has 1 unspecified atom stereocenters. The first-order chi connectivity index (χ1) is 12.6. The van der Waals surface area contributed by atoms with Gasteiger partial charge in [-0.05, 0) is 37.3 Å². The summed E-state index contributed by atoms with van der Waals surface area (Å²) in [4.78, 5) is 15.5. The molecular formula is C19H19N5OS. The van der Waals surface area contributed by atoms with E-state index in [1.165, 1.54) is 0 Å². The van der Waals surface area contributed by atoms with E-state index in [0.29, 0.717) is 18.2 Å². The third-order valence-corrected chi connectivity index (χ3v) is 5.25. The van der Waals surface area contributed by atoms with Crippen LogP contribution in [0.5, 0.6) is 0 Å². The van der Waals surface area contributed by atoms with Gasteiger partial charge in [0.15, 0.2) is 0 Å². The molecule has 0 bridgehead atoms. The SMILES string of the molecule is Cc1ccc(C(O)c2nc(NCc3ccccn3)nc3c2ccn3C)s1. The number of aliphatic hydroxyl groups excluding tert-OH is 1.